The van der Waals surface area contributed by atoms with E-state index in [1.54, 1.807) is 0 Å². The second kappa shape index (κ2) is 5.09. The number of imidazole rings is 1. The molecule has 1 aliphatic heterocycles. The first-order chi connectivity index (χ1) is 9.90. The molecule has 1 aromatic heterocycles. The Morgan fingerprint density at radius 3 is 2.95 bits per heavy atom. The molecule has 0 radical (unpaired) electrons. The molecule has 2 aliphatic rings. The standard InChI is InChI=1S/C16H22N4/c1-2-7-15-14(6-1)18-16(19-15)20-10-4-3-5-13(20)11-17-12-8-9-12/h1-2,6-7,12-13,17H,3-5,8-11H2,(H,18,19). The van der Waals surface area contributed by atoms with Crippen LogP contribution in [-0.4, -0.2) is 35.1 Å². The minimum atomic E-state index is 0.588. The Labute approximate surface area is 119 Å². The van der Waals surface area contributed by atoms with Crippen LogP contribution >= 0.6 is 0 Å². The van der Waals surface area contributed by atoms with Crippen molar-refractivity contribution in [3.8, 4) is 0 Å². The SMILES string of the molecule is c1ccc2[nH]c(N3CCCCC3CNC3CC3)nc2c1. The van der Waals surface area contributed by atoms with Crippen molar-refractivity contribution in [3.05, 3.63) is 24.3 Å². The Bertz CT molecular complexity index is 554. The van der Waals surface area contributed by atoms with Gasteiger partial charge in [0.05, 0.1) is 11.0 Å². The van der Waals surface area contributed by atoms with Crippen molar-refractivity contribution in [3.63, 3.8) is 0 Å². The summed E-state index contributed by atoms with van der Waals surface area (Å²) in [6.07, 6.45) is 6.61. The minimum absolute atomic E-state index is 0.588. The zero-order valence-corrected chi connectivity index (χ0v) is 11.8. The number of aromatic nitrogens is 2. The normalized spacial score (nSPS) is 23.4. The highest BCUT2D eigenvalue weighted by atomic mass is 15.3. The second-order valence-electron chi connectivity index (χ2n) is 6.10. The van der Waals surface area contributed by atoms with Crippen LogP contribution in [0.4, 0.5) is 5.95 Å². The average Bonchev–Trinajstić information content (AvgIpc) is 3.22. The van der Waals surface area contributed by atoms with Crippen LogP contribution in [0.1, 0.15) is 32.1 Å². The fraction of sp³-hybridized carbons (Fsp3) is 0.562. The fourth-order valence-corrected chi connectivity index (χ4v) is 3.16. The summed E-state index contributed by atoms with van der Waals surface area (Å²) >= 11 is 0. The highest BCUT2D eigenvalue weighted by Crippen LogP contribution is 2.25. The Hall–Kier alpha value is -1.55. The number of anilines is 1. The molecular formula is C16H22N4. The van der Waals surface area contributed by atoms with Crippen LogP contribution in [0.15, 0.2) is 24.3 Å². The highest BCUT2D eigenvalue weighted by Gasteiger charge is 2.27. The van der Waals surface area contributed by atoms with Crippen molar-refractivity contribution in [1.29, 1.82) is 0 Å². The van der Waals surface area contributed by atoms with Crippen molar-refractivity contribution in [2.24, 2.45) is 0 Å². The molecule has 4 rings (SSSR count). The predicted molar refractivity (Wildman–Crippen MR) is 82.1 cm³/mol. The summed E-state index contributed by atoms with van der Waals surface area (Å²) < 4.78 is 0. The number of piperidine rings is 1. The van der Waals surface area contributed by atoms with E-state index in [0.29, 0.717) is 6.04 Å². The van der Waals surface area contributed by atoms with Gasteiger partial charge in [0.2, 0.25) is 5.95 Å². The summed E-state index contributed by atoms with van der Waals surface area (Å²) in [5.41, 5.74) is 2.21. The van der Waals surface area contributed by atoms with Crippen LogP contribution in [0.2, 0.25) is 0 Å². The van der Waals surface area contributed by atoms with Crippen molar-refractivity contribution < 1.29 is 0 Å². The maximum Gasteiger partial charge on any atom is 0.204 e. The van der Waals surface area contributed by atoms with Gasteiger partial charge in [-0.1, -0.05) is 12.1 Å². The number of fused-ring (bicyclic) bond motifs is 1. The van der Waals surface area contributed by atoms with Crippen molar-refractivity contribution >= 4 is 17.0 Å². The third-order valence-electron chi connectivity index (χ3n) is 4.50. The maximum atomic E-state index is 4.77. The number of nitrogens with one attached hydrogen (secondary N) is 2. The largest absolute Gasteiger partial charge is 0.338 e. The van der Waals surface area contributed by atoms with Gasteiger partial charge in [0.15, 0.2) is 0 Å². The number of hydrogen-bond donors (Lipinski definition) is 2. The van der Waals surface area contributed by atoms with Gasteiger partial charge in [-0.05, 0) is 44.2 Å². The predicted octanol–water partition coefficient (Wildman–Crippen LogP) is 2.67. The Kier molecular flexibility index (Phi) is 3.11. The van der Waals surface area contributed by atoms with Gasteiger partial charge in [0.1, 0.15) is 0 Å². The molecule has 2 heterocycles. The van der Waals surface area contributed by atoms with E-state index in [2.05, 4.69) is 39.5 Å². The minimum Gasteiger partial charge on any atom is -0.338 e. The van der Waals surface area contributed by atoms with Gasteiger partial charge >= 0.3 is 0 Å². The van der Waals surface area contributed by atoms with Crippen LogP contribution in [0.25, 0.3) is 11.0 Å². The Balaban J connectivity index is 1.56. The third kappa shape index (κ3) is 2.40. The molecule has 1 aromatic carbocycles. The molecule has 20 heavy (non-hydrogen) atoms. The second-order valence-corrected chi connectivity index (χ2v) is 6.10. The van der Waals surface area contributed by atoms with Gasteiger partial charge < -0.3 is 15.2 Å². The molecule has 1 atom stereocenters. The Morgan fingerprint density at radius 2 is 2.10 bits per heavy atom. The first-order valence-corrected chi connectivity index (χ1v) is 7.85. The Morgan fingerprint density at radius 1 is 1.20 bits per heavy atom. The van der Waals surface area contributed by atoms with E-state index < -0.39 is 0 Å². The van der Waals surface area contributed by atoms with Gasteiger partial charge in [-0.25, -0.2) is 4.98 Å². The lowest BCUT2D eigenvalue weighted by Crippen LogP contribution is -2.46. The monoisotopic (exact) mass is 270 g/mol. The van der Waals surface area contributed by atoms with E-state index in [9.17, 15) is 0 Å². The topological polar surface area (TPSA) is 44.0 Å². The number of rotatable bonds is 4. The lowest BCUT2D eigenvalue weighted by molar-refractivity contribution is 0.430. The van der Waals surface area contributed by atoms with Crippen LogP contribution in [0, 0.1) is 0 Å². The highest BCUT2D eigenvalue weighted by molar-refractivity contribution is 5.77. The molecule has 0 bridgehead atoms. The molecule has 4 nitrogen and oxygen atoms in total. The number of benzene rings is 1. The molecule has 1 saturated carbocycles. The van der Waals surface area contributed by atoms with Gasteiger partial charge in [-0.15, -0.1) is 0 Å². The number of aromatic amines is 1. The number of para-hydroxylation sites is 2. The molecule has 1 aliphatic carbocycles. The molecule has 0 amide bonds. The third-order valence-corrected chi connectivity index (χ3v) is 4.50. The number of H-pyrrole nitrogens is 1. The van der Waals surface area contributed by atoms with Gasteiger partial charge in [-0.3, -0.25) is 0 Å². The van der Waals surface area contributed by atoms with E-state index >= 15 is 0 Å². The lowest BCUT2D eigenvalue weighted by Gasteiger charge is -2.35. The fourth-order valence-electron chi connectivity index (χ4n) is 3.16. The van der Waals surface area contributed by atoms with Crippen LogP contribution in [0.5, 0.6) is 0 Å². The van der Waals surface area contributed by atoms with Crippen LogP contribution in [0.3, 0.4) is 0 Å². The molecule has 2 fully saturated rings. The van der Waals surface area contributed by atoms with E-state index in [4.69, 9.17) is 4.98 Å². The summed E-state index contributed by atoms with van der Waals surface area (Å²) in [6.45, 7) is 2.22. The first-order valence-electron chi connectivity index (χ1n) is 7.85. The zero-order valence-electron chi connectivity index (χ0n) is 11.8. The van der Waals surface area contributed by atoms with E-state index in [1.165, 1.54) is 32.1 Å². The molecule has 1 saturated heterocycles. The molecular weight excluding hydrogens is 248 g/mol. The number of nitrogens with zero attached hydrogens (tertiary/aromatic N) is 2. The van der Waals surface area contributed by atoms with Crippen molar-refractivity contribution in [2.75, 3.05) is 18.0 Å². The quantitative estimate of drug-likeness (QED) is 0.897. The molecule has 106 valence electrons. The summed E-state index contributed by atoms with van der Waals surface area (Å²) in [4.78, 5) is 10.7. The van der Waals surface area contributed by atoms with Gasteiger partial charge in [-0.2, -0.15) is 0 Å². The smallest absolute Gasteiger partial charge is 0.204 e. The van der Waals surface area contributed by atoms with Gasteiger partial charge in [0, 0.05) is 25.2 Å². The van der Waals surface area contributed by atoms with Crippen LogP contribution in [-0.2, 0) is 0 Å². The summed E-state index contributed by atoms with van der Waals surface area (Å²) in [7, 11) is 0. The molecule has 4 heteroatoms. The lowest BCUT2D eigenvalue weighted by atomic mass is 10.0. The molecule has 0 spiro atoms. The molecule has 2 N–H and O–H groups in total. The molecule has 2 aromatic rings. The average molecular weight is 270 g/mol. The summed E-state index contributed by atoms with van der Waals surface area (Å²) in [5.74, 6) is 1.05. The van der Waals surface area contributed by atoms with E-state index in [1.807, 2.05) is 0 Å². The maximum absolute atomic E-state index is 4.77. The van der Waals surface area contributed by atoms with Crippen molar-refractivity contribution in [2.45, 2.75) is 44.2 Å². The van der Waals surface area contributed by atoms with E-state index in [0.717, 1.165) is 36.1 Å². The molecule has 1 unspecified atom stereocenters. The summed E-state index contributed by atoms with van der Waals surface area (Å²) in [5, 5.41) is 3.68. The van der Waals surface area contributed by atoms with Crippen LogP contribution < -0.4 is 10.2 Å². The zero-order chi connectivity index (χ0) is 13.4. The first kappa shape index (κ1) is 12.2. The number of hydrogen-bond acceptors (Lipinski definition) is 3. The van der Waals surface area contributed by atoms with Crippen molar-refractivity contribution in [1.82, 2.24) is 15.3 Å². The van der Waals surface area contributed by atoms with Gasteiger partial charge in [0.25, 0.3) is 0 Å². The summed E-state index contributed by atoms with van der Waals surface area (Å²) in [6, 6.07) is 9.67. The van der Waals surface area contributed by atoms with E-state index in [-0.39, 0.29) is 0 Å².